The van der Waals surface area contributed by atoms with Crippen LogP contribution in [-0.4, -0.2) is 43.5 Å². The summed E-state index contributed by atoms with van der Waals surface area (Å²) in [6.45, 7) is 5.50. The molecule has 23 heavy (non-hydrogen) atoms. The van der Waals surface area contributed by atoms with Crippen molar-refractivity contribution in [2.45, 2.75) is 26.7 Å². The lowest BCUT2D eigenvalue weighted by Crippen LogP contribution is -2.41. The number of rotatable bonds is 5. The number of amides is 2. The van der Waals surface area contributed by atoms with Gasteiger partial charge < -0.3 is 20.3 Å². The Morgan fingerprint density at radius 1 is 1.39 bits per heavy atom. The van der Waals surface area contributed by atoms with Crippen LogP contribution in [0.25, 0.3) is 0 Å². The van der Waals surface area contributed by atoms with Gasteiger partial charge in [0.2, 0.25) is 11.8 Å². The molecule has 1 fully saturated rings. The Hall–Kier alpha value is -2.24. The maximum Gasteiger partial charge on any atom is 0.241 e. The number of likely N-dealkylation sites (tertiary alicyclic amines) is 1. The van der Waals surface area contributed by atoms with E-state index in [9.17, 15) is 9.59 Å². The molecule has 2 amide bonds. The van der Waals surface area contributed by atoms with Crippen LogP contribution >= 0.6 is 0 Å². The fourth-order valence-electron chi connectivity index (χ4n) is 2.83. The lowest BCUT2D eigenvalue weighted by atomic mass is 10.0. The van der Waals surface area contributed by atoms with Crippen molar-refractivity contribution in [2.75, 3.05) is 37.4 Å². The summed E-state index contributed by atoms with van der Waals surface area (Å²) in [5, 5.41) is 5.85. The van der Waals surface area contributed by atoms with Crippen LogP contribution in [0.4, 0.5) is 11.4 Å². The molecule has 6 nitrogen and oxygen atoms in total. The summed E-state index contributed by atoms with van der Waals surface area (Å²) < 4.78 is 5.30. The molecule has 1 unspecified atom stereocenters. The van der Waals surface area contributed by atoms with Gasteiger partial charge >= 0.3 is 0 Å². The molecule has 2 N–H and O–H groups in total. The number of benzene rings is 1. The van der Waals surface area contributed by atoms with Crippen LogP contribution in [0.5, 0.6) is 5.75 Å². The van der Waals surface area contributed by atoms with Crippen molar-refractivity contribution in [1.82, 2.24) is 4.90 Å². The largest absolute Gasteiger partial charge is 0.495 e. The fourth-order valence-corrected chi connectivity index (χ4v) is 2.83. The Morgan fingerprint density at radius 3 is 2.83 bits per heavy atom. The highest BCUT2D eigenvalue weighted by Gasteiger charge is 2.20. The Morgan fingerprint density at radius 2 is 2.17 bits per heavy atom. The molecule has 0 radical (unpaired) electrons. The number of methoxy groups -OCH3 is 1. The Labute approximate surface area is 137 Å². The van der Waals surface area contributed by atoms with Gasteiger partial charge in [0.05, 0.1) is 19.3 Å². The van der Waals surface area contributed by atoms with Crippen LogP contribution in [-0.2, 0) is 9.59 Å². The van der Waals surface area contributed by atoms with Crippen LogP contribution in [0, 0.1) is 5.92 Å². The predicted octanol–water partition coefficient (Wildman–Crippen LogP) is 2.32. The molecule has 0 aliphatic carbocycles. The molecule has 2 rings (SSSR count). The van der Waals surface area contributed by atoms with Crippen LogP contribution in [0.3, 0.4) is 0 Å². The molecule has 1 heterocycles. The molecule has 0 saturated carbocycles. The van der Waals surface area contributed by atoms with Crippen LogP contribution in [0.2, 0.25) is 0 Å². The minimum Gasteiger partial charge on any atom is -0.495 e. The van der Waals surface area contributed by atoms with Gasteiger partial charge in [-0.15, -0.1) is 0 Å². The zero-order valence-corrected chi connectivity index (χ0v) is 14.0. The molecule has 0 aromatic heterocycles. The Kier molecular flexibility index (Phi) is 5.84. The van der Waals surface area contributed by atoms with Gasteiger partial charge in [0, 0.05) is 25.7 Å². The van der Waals surface area contributed by atoms with Crippen molar-refractivity contribution in [2.24, 2.45) is 5.92 Å². The Balaban J connectivity index is 2.00. The van der Waals surface area contributed by atoms with Crippen molar-refractivity contribution in [3.05, 3.63) is 18.2 Å². The van der Waals surface area contributed by atoms with Crippen molar-refractivity contribution < 1.29 is 14.3 Å². The summed E-state index contributed by atoms with van der Waals surface area (Å²) in [4.78, 5) is 25.4. The van der Waals surface area contributed by atoms with Crippen LogP contribution in [0.15, 0.2) is 18.2 Å². The summed E-state index contributed by atoms with van der Waals surface area (Å²) in [6.07, 6.45) is 2.25. The molecule has 0 spiro atoms. The molecule has 1 aliphatic rings. The van der Waals surface area contributed by atoms with Crippen molar-refractivity contribution in [3.63, 3.8) is 0 Å². The normalized spacial score (nSPS) is 17.5. The number of ether oxygens (including phenoxy) is 1. The first-order valence-corrected chi connectivity index (χ1v) is 7.97. The number of piperidine rings is 1. The minimum absolute atomic E-state index is 0.0866. The Bertz CT molecular complexity index is 574. The van der Waals surface area contributed by atoms with Gasteiger partial charge in [-0.3, -0.25) is 9.59 Å². The number of hydrogen-bond donors (Lipinski definition) is 2. The number of hydrogen-bond acceptors (Lipinski definition) is 4. The topological polar surface area (TPSA) is 70.7 Å². The van der Waals surface area contributed by atoms with E-state index in [1.807, 2.05) is 4.90 Å². The van der Waals surface area contributed by atoms with Crippen molar-refractivity contribution >= 4 is 23.2 Å². The first-order chi connectivity index (χ1) is 11.0. The SMILES string of the molecule is COc1ccc(NC(C)=O)cc1NCC(=O)N1CCCC(C)C1. The fraction of sp³-hybridized carbons (Fsp3) is 0.529. The van der Waals surface area contributed by atoms with E-state index in [1.54, 1.807) is 25.3 Å². The summed E-state index contributed by atoms with van der Waals surface area (Å²) in [6, 6.07) is 5.30. The first-order valence-electron chi connectivity index (χ1n) is 7.97. The highest BCUT2D eigenvalue weighted by Crippen LogP contribution is 2.27. The molecule has 6 heteroatoms. The molecule has 1 aliphatic heterocycles. The van der Waals surface area contributed by atoms with Crippen LogP contribution in [0.1, 0.15) is 26.7 Å². The van der Waals surface area contributed by atoms with E-state index in [4.69, 9.17) is 4.74 Å². The molecule has 1 aromatic carbocycles. The van der Waals surface area contributed by atoms with Gasteiger partial charge in [-0.05, 0) is 37.0 Å². The van der Waals surface area contributed by atoms with Gasteiger partial charge in [-0.2, -0.15) is 0 Å². The number of carbonyl (C=O) groups excluding carboxylic acids is 2. The molecule has 1 aromatic rings. The summed E-state index contributed by atoms with van der Waals surface area (Å²) in [5.41, 5.74) is 1.36. The number of nitrogens with one attached hydrogen (secondary N) is 2. The van der Waals surface area contributed by atoms with E-state index in [2.05, 4.69) is 17.6 Å². The average Bonchev–Trinajstić information content (AvgIpc) is 2.52. The average molecular weight is 319 g/mol. The van der Waals surface area contributed by atoms with E-state index in [1.165, 1.54) is 13.3 Å². The quantitative estimate of drug-likeness (QED) is 0.874. The van der Waals surface area contributed by atoms with Crippen molar-refractivity contribution in [1.29, 1.82) is 0 Å². The number of nitrogens with zero attached hydrogens (tertiary/aromatic N) is 1. The molecular formula is C17H25N3O3. The van der Waals surface area contributed by atoms with E-state index in [0.29, 0.717) is 23.0 Å². The van der Waals surface area contributed by atoms with Gasteiger partial charge in [-0.1, -0.05) is 6.92 Å². The minimum atomic E-state index is -0.139. The van der Waals surface area contributed by atoms with E-state index >= 15 is 0 Å². The third-order valence-electron chi connectivity index (χ3n) is 3.96. The van der Waals surface area contributed by atoms with Crippen molar-refractivity contribution in [3.8, 4) is 5.75 Å². The molecule has 1 saturated heterocycles. The molecule has 126 valence electrons. The maximum absolute atomic E-state index is 12.3. The van der Waals surface area contributed by atoms with E-state index < -0.39 is 0 Å². The lowest BCUT2D eigenvalue weighted by Gasteiger charge is -2.31. The number of anilines is 2. The maximum atomic E-state index is 12.3. The van der Waals surface area contributed by atoms with Gasteiger partial charge in [0.25, 0.3) is 0 Å². The summed E-state index contributed by atoms with van der Waals surface area (Å²) in [5.74, 6) is 1.15. The second-order valence-corrected chi connectivity index (χ2v) is 6.04. The monoisotopic (exact) mass is 319 g/mol. The highest BCUT2D eigenvalue weighted by atomic mass is 16.5. The summed E-state index contributed by atoms with van der Waals surface area (Å²) >= 11 is 0. The highest BCUT2D eigenvalue weighted by molar-refractivity contribution is 5.90. The zero-order valence-electron chi connectivity index (χ0n) is 14.0. The van der Waals surface area contributed by atoms with Gasteiger partial charge in [0.1, 0.15) is 5.75 Å². The molecule has 1 atom stereocenters. The molecule has 0 bridgehead atoms. The lowest BCUT2D eigenvalue weighted by molar-refractivity contribution is -0.131. The molecular weight excluding hydrogens is 294 g/mol. The zero-order chi connectivity index (χ0) is 16.8. The standard InChI is InChI=1S/C17H25N3O3/c1-12-5-4-8-20(11-12)17(22)10-18-15-9-14(19-13(2)21)6-7-16(15)23-3/h6-7,9,12,18H,4-5,8,10-11H2,1-3H3,(H,19,21). The van der Waals surface area contributed by atoms with Gasteiger partial charge in [0.15, 0.2) is 0 Å². The second-order valence-electron chi connectivity index (χ2n) is 6.04. The predicted molar refractivity (Wildman–Crippen MR) is 90.8 cm³/mol. The van der Waals surface area contributed by atoms with Crippen LogP contribution < -0.4 is 15.4 Å². The number of carbonyl (C=O) groups is 2. The third-order valence-corrected chi connectivity index (χ3v) is 3.96. The first kappa shape index (κ1) is 17.1. The second kappa shape index (κ2) is 7.85. The summed E-state index contributed by atoms with van der Waals surface area (Å²) in [7, 11) is 1.58. The van der Waals surface area contributed by atoms with E-state index in [-0.39, 0.29) is 18.4 Å². The third kappa shape index (κ3) is 4.87. The smallest absolute Gasteiger partial charge is 0.241 e. The van der Waals surface area contributed by atoms with Gasteiger partial charge in [-0.25, -0.2) is 0 Å². The van der Waals surface area contributed by atoms with E-state index in [0.717, 1.165) is 19.5 Å².